The zero-order valence-electron chi connectivity index (χ0n) is 16.3. The van der Waals surface area contributed by atoms with Gasteiger partial charge in [0.05, 0.1) is 10.6 Å². The molecule has 7 nitrogen and oxygen atoms in total. The van der Waals surface area contributed by atoms with E-state index in [0.717, 1.165) is 14.9 Å². The summed E-state index contributed by atoms with van der Waals surface area (Å²) in [5.41, 5.74) is 1.00. The quantitative estimate of drug-likeness (QED) is 0.642. The maximum atomic E-state index is 13.2. The molecule has 3 rings (SSSR count). The lowest BCUT2D eigenvalue weighted by atomic mass is 10.1. The third-order valence-corrected chi connectivity index (χ3v) is 8.39. The first-order valence-corrected chi connectivity index (χ1v) is 12.2. The van der Waals surface area contributed by atoms with Crippen LogP contribution >= 0.6 is 23.1 Å². The predicted molar refractivity (Wildman–Crippen MR) is 111 cm³/mol. The Labute approximate surface area is 174 Å². The van der Waals surface area contributed by atoms with Crippen molar-refractivity contribution < 1.29 is 13.2 Å². The van der Waals surface area contributed by atoms with Gasteiger partial charge in [0.25, 0.3) is 0 Å². The van der Waals surface area contributed by atoms with Gasteiger partial charge in [-0.15, -0.1) is 10.2 Å². The van der Waals surface area contributed by atoms with Crippen molar-refractivity contribution in [2.45, 2.75) is 43.1 Å². The number of thioether (sulfide) groups is 1. The Morgan fingerprint density at radius 1 is 1.21 bits per heavy atom. The second-order valence-corrected chi connectivity index (χ2v) is 11.3. The van der Waals surface area contributed by atoms with Crippen LogP contribution in [0.2, 0.25) is 0 Å². The van der Waals surface area contributed by atoms with Gasteiger partial charge in [0.15, 0.2) is 4.34 Å². The summed E-state index contributed by atoms with van der Waals surface area (Å²) in [7, 11) is -3.67. The number of benzene rings is 1. The molecular weight excluding hydrogens is 416 g/mol. The molecule has 1 aromatic heterocycles. The number of sulfonamides is 1. The van der Waals surface area contributed by atoms with E-state index in [4.69, 9.17) is 0 Å². The number of nitrogens with zero attached hydrogens (tertiary/aromatic N) is 4. The summed E-state index contributed by atoms with van der Waals surface area (Å²) < 4.78 is 28.6. The molecule has 1 saturated heterocycles. The largest absolute Gasteiger partial charge is 0.324 e. The van der Waals surface area contributed by atoms with Crippen LogP contribution in [0, 0.1) is 19.8 Å². The molecule has 0 aliphatic carbocycles. The molecule has 152 valence electrons. The number of amides is 1. The van der Waals surface area contributed by atoms with E-state index in [2.05, 4.69) is 10.2 Å². The molecule has 0 bridgehead atoms. The van der Waals surface area contributed by atoms with Gasteiger partial charge in [0, 0.05) is 13.1 Å². The summed E-state index contributed by atoms with van der Waals surface area (Å²) in [6.07, 6.45) is -0.490. The van der Waals surface area contributed by atoms with Gasteiger partial charge in [-0.2, -0.15) is 4.31 Å². The monoisotopic (exact) mass is 440 g/mol. The third kappa shape index (κ3) is 4.40. The predicted octanol–water partition coefficient (Wildman–Crippen LogP) is 2.76. The molecule has 2 aromatic rings. The molecule has 0 N–H and O–H groups in total. The van der Waals surface area contributed by atoms with Gasteiger partial charge in [-0.05, 0) is 31.9 Å². The van der Waals surface area contributed by atoms with Crippen molar-refractivity contribution >= 4 is 39.0 Å². The lowest BCUT2D eigenvalue weighted by molar-refractivity contribution is -0.130. The fourth-order valence-corrected chi connectivity index (χ4v) is 6.66. The molecule has 1 aromatic carbocycles. The van der Waals surface area contributed by atoms with Gasteiger partial charge in [-0.1, -0.05) is 54.6 Å². The normalized spacial score (nSPS) is 18.2. The van der Waals surface area contributed by atoms with Gasteiger partial charge >= 0.3 is 0 Å². The second-order valence-electron chi connectivity index (χ2n) is 7.05. The van der Waals surface area contributed by atoms with Gasteiger partial charge in [0.1, 0.15) is 11.2 Å². The Hall–Kier alpha value is -1.49. The van der Waals surface area contributed by atoms with Crippen molar-refractivity contribution in [3.05, 3.63) is 34.8 Å². The van der Waals surface area contributed by atoms with Crippen LogP contribution in [0.4, 0.5) is 0 Å². The van der Waals surface area contributed by atoms with Crippen LogP contribution in [0.25, 0.3) is 0 Å². The molecule has 1 amide bonds. The van der Waals surface area contributed by atoms with Crippen molar-refractivity contribution in [3.63, 3.8) is 0 Å². The van der Waals surface area contributed by atoms with Crippen LogP contribution in [0.3, 0.4) is 0 Å². The molecule has 2 heterocycles. The minimum absolute atomic E-state index is 0.0274. The topological polar surface area (TPSA) is 83.5 Å². The summed E-state index contributed by atoms with van der Waals surface area (Å²) in [5.74, 6) is 0.106. The van der Waals surface area contributed by atoms with Crippen LogP contribution in [0.5, 0.6) is 0 Å². The minimum atomic E-state index is -3.67. The molecule has 28 heavy (non-hydrogen) atoms. The molecule has 1 atom stereocenters. The SMILES string of the molecule is Cc1ccc(S(=O)(=O)N2CCN(C(=O)CSc3nnc(C)s3)C2C(C)C)cc1. The first-order chi connectivity index (χ1) is 13.2. The van der Waals surface area contributed by atoms with Crippen LogP contribution in [0.1, 0.15) is 24.4 Å². The molecule has 0 saturated carbocycles. The molecule has 1 unspecified atom stereocenters. The molecule has 1 aliphatic heterocycles. The van der Waals surface area contributed by atoms with E-state index < -0.39 is 16.2 Å². The van der Waals surface area contributed by atoms with E-state index in [1.54, 1.807) is 29.2 Å². The van der Waals surface area contributed by atoms with Gasteiger partial charge in [-0.3, -0.25) is 4.79 Å². The van der Waals surface area contributed by atoms with E-state index in [1.165, 1.54) is 27.4 Å². The molecule has 0 spiro atoms. The first kappa shape index (κ1) is 21.2. The number of carbonyl (C=O) groups is 1. The highest BCUT2D eigenvalue weighted by Gasteiger charge is 2.43. The van der Waals surface area contributed by atoms with E-state index in [0.29, 0.717) is 13.1 Å². The van der Waals surface area contributed by atoms with Gasteiger partial charge < -0.3 is 4.90 Å². The third-order valence-electron chi connectivity index (χ3n) is 4.55. The molecule has 1 aliphatic rings. The number of hydrogen-bond donors (Lipinski definition) is 0. The smallest absolute Gasteiger partial charge is 0.244 e. The number of aromatic nitrogens is 2. The lowest BCUT2D eigenvalue weighted by Gasteiger charge is -2.32. The highest BCUT2D eigenvalue weighted by Crippen LogP contribution is 2.30. The van der Waals surface area contributed by atoms with Crippen LogP contribution in [-0.4, -0.2) is 58.7 Å². The van der Waals surface area contributed by atoms with E-state index in [1.807, 2.05) is 27.7 Å². The number of carbonyl (C=O) groups excluding carboxylic acids is 1. The fraction of sp³-hybridized carbons (Fsp3) is 0.500. The average molecular weight is 441 g/mol. The number of aryl methyl sites for hydroxylation is 2. The van der Waals surface area contributed by atoms with Crippen molar-refractivity contribution in [1.29, 1.82) is 0 Å². The highest BCUT2D eigenvalue weighted by molar-refractivity contribution is 8.01. The molecule has 0 radical (unpaired) electrons. The molecule has 1 fully saturated rings. The van der Waals surface area contributed by atoms with Crippen molar-refractivity contribution in [2.24, 2.45) is 5.92 Å². The zero-order valence-corrected chi connectivity index (χ0v) is 18.8. The van der Waals surface area contributed by atoms with E-state index in [9.17, 15) is 13.2 Å². The number of rotatable bonds is 6. The maximum Gasteiger partial charge on any atom is 0.244 e. The average Bonchev–Trinajstić information content (AvgIpc) is 3.26. The highest BCUT2D eigenvalue weighted by atomic mass is 32.2. The lowest BCUT2D eigenvalue weighted by Crippen LogP contribution is -2.48. The van der Waals surface area contributed by atoms with E-state index in [-0.39, 0.29) is 22.5 Å². The molecule has 10 heteroatoms. The summed E-state index contributed by atoms with van der Waals surface area (Å²) in [6, 6.07) is 6.83. The Kier molecular flexibility index (Phi) is 6.43. The van der Waals surface area contributed by atoms with Crippen molar-refractivity contribution in [3.8, 4) is 0 Å². The van der Waals surface area contributed by atoms with Gasteiger partial charge in [0.2, 0.25) is 15.9 Å². The summed E-state index contributed by atoms with van der Waals surface area (Å²) in [6.45, 7) is 8.35. The summed E-state index contributed by atoms with van der Waals surface area (Å²) in [5, 5.41) is 8.83. The van der Waals surface area contributed by atoms with Crippen molar-refractivity contribution in [2.75, 3.05) is 18.8 Å². The number of hydrogen-bond acceptors (Lipinski definition) is 7. The van der Waals surface area contributed by atoms with Crippen LogP contribution < -0.4 is 0 Å². The van der Waals surface area contributed by atoms with E-state index >= 15 is 0 Å². The Bertz CT molecular complexity index is 941. The molecular formula is C18H24N4O3S3. The Morgan fingerprint density at radius 2 is 1.89 bits per heavy atom. The summed E-state index contributed by atoms with van der Waals surface area (Å²) in [4.78, 5) is 14.8. The fourth-order valence-electron chi connectivity index (χ4n) is 3.24. The zero-order chi connectivity index (χ0) is 20.5. The van der Waals surface area contributed by atoms with Crippen LogP contribution in [-0.2, 0) is 14.8 Å². The van der Waals surface area contributed by atoms with Crippen LogP contribution in [0.15, 0.2) is 33.5 Å². The second kappa shape index (κ2) is 8.48. The minimum Gasteiger partial charge on any atom is -0.324 e. The first-order valence-electron chi connectivity index (χ1n) is 9.01. The Balaban J connectivity index is 1.77. The standard InChI is InChI=1S/C18H24N4O3S3/c1-12(2)17-21(16(23)11-26-18-20-19-14(4)27-18)9-10-22(17)28(24,25)15-7-5-13(3)6-8-15/h5-8,12,17H,9-11H2,1-4H3. The summed E-state index contributed by atoms with van der Waals surface area (Å²) >= 11 is 2.79. The Morgan fingerprint density at radius 3 is 2.46 bits per heavy atom. The van der Waals surface area contributed by atoms with Gasteiger partial charge in [-0.25, -0.2) is 8.42 Å². The maximum absolute atomic E-state index is 13.2. The van der Waals surface area contributed by atoms with Crippen molar-refractivity contribution in [1.82, 2.24) is 19.4 Å².